The van der Waals surface area contributed by atoms with Crippen molar-refractivity contribution < 1.29 is 9.13 Å². The average Bonchev–Trinajstić information content (AvgIpc) is 2.47. The first-order valence-electron chi connectivity index (χ1n) is 6.77. The second-order valence-corrected chi connectivity index (χ2v) is 4.97. The largest absolute Gasteiger partial charge is 0.491 e. The van der Waals surface area contributed by atoms with E-state index in [0.29, 0.717) is 6.54 Å². The highest BCUT2D eigenvalue weighted by Gasteiger charge is 2.03. The van der Waals surface area contributed by atoms with Crippen LogP contribution in [0.2, 0.25) is 0 Å². The van der Waals surface area contributed by atoms with E-state index in [-0.39, 0.29) is 11.7 Å². The number of anilines is 1. The minimum Gasteiger partial charge on any atom is -0.491 e. The third kappa shape index (κ3) is 4.22. The van der Waals surface area contributed by atoms with E-state index >= 15 is 0 Å². The van der Waals surface area contributed by atoms with Gasteiger partial charge in [0.2, 0.25) is 0 Å². The maximum absolute atomic E-state index is 13.2. The van der Waals surface area contributed by atoms with Crippen molar-refractivity contribution in [2.24, 2.45) is 0 Å². The number of nitrogens with one attached hydrogen (secondary N) is 1. The van der Waals surface area contributed by atoms with Crippen LogP contribution in [0.1, 0.15) is 25.0 Å². The number of hydrogen-bond acceptors (Lipinski definition) is 3. The van der Waals surface area contributed by atoms with E-state index in [9.17, 15) is 4.39 Å². The molecule has 108 valence electrons. The summed E-state index contributed by atoms with van der Waals surface area (Å²) in [4.78, 5) is 0. The fourth-order valence-electron chi connectivity index (χ4n) is 1.90. The lowest BCUT2D eigenvalue weighted by Crippen LogP contribution is -2.05. The van der Waals surface area contributed by atoms with E-state index in [1.54, 1.807) is 12.1 Å². The van der Waals surface area contributed by atoms with Crippen molar-refractivity contribution in [2.75, 3.05) is 5.32 Å². The molecule has 0 spiro atoms. The molecule has 0 aliphatic carbocycles. The molecule has 0 saturated heterocycles. The lowest BCUT2D eigenvalue weighted by Gasteiger charge is -2.11. The summed E-state index contributed by atoms with van der Waals surface area (Å²) in [5.74, 6) is 0.334. The zero-order valence-corrected chi connectivity index (χ0v) is 12.1. The summed E-state index contributed by atoms with van der Waals surface area (Å²) in [7, 11) is 0. The summed E-state index contributed by atoms with van der Waals surface area (Å²) >= 11 is 0. The maximum Gasteiger partial charge on any atom is 0.140 e. The predicted octanol–water partition coefficient (Wildman–Crippen LogP) is 4.10. The Kier molecular flexibility index (Phi) is 4.78. The van der Waals surface area contributed by atoms with E-state index in [1.807, 2.05) is 44.2 Å². The van der Waals surface area contributed by atoms with Crippen LogP contribution in [0.25, 0.3) is 0 Å². The Morgan fingerprint density at radius 2 is 1.90 bits per heavy atom. The highest BCUT2D eigenvalue weighted by molar-refractivity contribution is 5.47. The molecule has 0 bridgehead atoms. The van der Waals surface area contributed by atoms with Crippen molar-refractivity contribution >= 4 is 5.69 Å². The topological polar surface area (TPSA) is 45.0 Å². The number of nitrogens with zero attached hydrogens (tertiary/aromatic N) is 1. The number of hydrogen-bond donors (Lipinski definition) is 1. The Bertz CT molecular complexity index is 645. The van der Waals surface area contributed by atoms with Gasteiger partial charge in [-0.3, -0.25) is 0 Å². The molecule has 4 heteroatoms. The van der Waals surface area contributed by atoms with Crippen molar-refractivity contribution in [1.82, 2.24) is 0 Å². The molecule has 2 aromatic carbocycles. The van der Waals surface area contributed by atoms with Gasteiger partial charge in [-0.25, -0.2) is 4.39 Å². The van der Waals surface area contributed by atoms with Crippen LogP contribution >= 0.6 is 0 Å². The Hall–Kier alpha value is -2.54. The molecule has 0 amide bonds. The molecule has 0 aliphatic rings. The molecule has 3 nitrogen and oxygen atoms in total. The van der Waals surface area contributed by atoms with Crippen LogP contribution in [0, 0.1) is 17.1 Å². The molecule has 0 aliphatic heterocycles. The third-order valence-corrected chi connectivity index (χ3v) is 2.87. The van der Waals surface area contributed by atoms with Crippen LogP contribution in [0.3, 0.4) is 0 Å². The predicted molar refractivity (Wildman–Crippen MR) is 80.6 cm³/mol. The second-order valence-electron chi connectivity index (χ2n) is 4.97. The lowest BCUT2D eigenvalue weighted by atomic mass is 10.1. The third-order valence-electron chi connectivity index (χ3n) is 2.87. The van der Waals surface area contributed by atoms with E-state index in [2.05, 4.69) is 5.32 Å². The summed E-state index contributed by atoms with van der Waals surface area (Å²) in [5, 5.41) is 12.0. The van der Waals surface area contributed by atoms with Gasteiger partial charge in [-0.1, -0.05) is 6.07 Å². The summed E-state index contributed by atoms with van der Waals surface area (Å²) < 4.78 is 18.8. The first kappa shape index (κ1) is 14.9. The van der Waals surface area contributed by atoms with Crippen LogP contribution in [0.15, 0.2) is 42.5 Å². The Morgan fingerprint density at radius 1 is 1.19 bits per heavy atom. The van der Waals surface area contributed by atoms with Crippen LogP contribution < -0.4 is 10.1 Å². The van der Waals surface area contributed by atoms with Crippen molar-refractivity contribution in [3.05, 3.63) is 59.4 Å². The highest BCUT2D eigenvalue weighted by atomic mass is 19.1. The molecule has 2 aromatic rings. The molecule has 0 radical (unpaired) electrons. The van der Waals surface area contributed by atoms with Crippen molar-refractivity contribution in [2.45, 2.75) is 26.5 Å². The van der Waals surface area contributed by atoms with Gasteiger partial charge in [0.05, 0.1) is 11.7 Å². The van der Waals surface area contributed by atoms with Crippen molar-refractivity contribution in [3.63, 3.8) is 0 Å². The zero-order valence-electron chi connectivity index (χ0n) is 12.1. The molecular formula is C17H17FN2O. The Morgan fingerprint density at radius 3 is 2.52 bits per heavy atom. The summed E-state index contributed by atoms with van der Waals surface area (Å²) in [6.07, 6.45) is 0.146. The minimum atomic E-state index is -0.489. The van der Waals surface area contributed by atoms with Crippen LogP contribution in [0.4, 0.5) is 10.1 Å². The normalized spacial score (nSPS) is 10.2. The number of halogens is 1. The van der Waals surface area contributed by atoms with Crippen LogP contribution in [0.5, 0.6) is 5.75 Å². The molecule has 21 heavy (non-hydrogen) atoms. The number of rotatable bonds is 5. The molecule has 0 saturated carbocycles. The number of ether oxygens (including phenoxy) is 1. The van der Waals surface area contributed by atoms with Gasteiger partial charge in [-0.05, 0) is 55.8 Å². The lowest BCUT2D eigenvalue weighted by molar-refractivity contribution is 0.242. The molecule has 0 heterocycles. The van der Waals surface area contributed by atoms with Crippen LogP contribution in [-0.4, -0.2) is 6.10 Å². The van der Waals surface area contributed by atoms with E-state index in [0.717, 1.165) is 17.0 Å². The van der Waals surface area contributed by atoms with Crippen molar-refractivity contribution in [1.29, 1.82) is 5.26 Å². The highest BCUT2D eigenvalue weighted by Crippen LogP contribution is 2.18. The average molecular weight is 284 g/mol. The Balaban J connectivity index is 1.98. The molecule has 0 unspecified atom stereocenters. The van der Waals surface area contributed by atoms with Crippen molar-refractivity contribution in [3.8, 4) is 11.8 Å². The SMILES string of the molecule is CC(C)Oc1ccc(NCc2ccc(F)c(C#N)c2)cc1. The van der Waals surface area contributed by atoms with Gasteiger partial charge in [-0.15, -0.1) is 0 Å². The van der Waals surface area contributed by atoms with Gasteiger partial charge in [-0.2, -0.15) is 5.26 Å². The van der Waals surface area contributed by atoms with E-state index in [1.165, 1.54) is 6.07 Å². The zero-order chi connectivity index (χ0) is 15.2. The van der Waals surface area contributed by atoms with Gasteiger partial charge in [0.1, 0.15) is 17.6 Å². The molecule has 1 N–H and O–H groups in total. The second kappa shape index (κ2) is 6.76. The summed E-state index contributed by atoms with van der Waals surface area (Å²) in [6, 6.07) is 14.0. The van der Waals surface area contributed by atoms with Gasteiger partial charge in [0.25, 0.3) is 0 Å². The molecule has 0 aromatic heterocycles. The van der Waals surface area contributed by atoms with Gasteiger partial charge in [0.15, 0.2) is 0 Å². The first-order chi connectivity index (χ1) is 10.1. The number of benzene rings is 2. The standard InChI is InChI=1S/C17H17FN2O/c1-12(2)21-16-6-4-15(5-7-16)20-11-13-3-8-17(18)14(9-13)10-19/h3-9,12,20H,11H2,1-2H3. The van der Waals surface area contributed by atoms with Gasteiger partial charge < -0.3 is 10.1 Å². The smallest absolute Gasteiger partial charge is 0.140 e. The monoisotopic (exact) mass is 284 g/mol. The fourth-order valence-corrected chi connectivity index (χ4v) is 1.90. The summed E-state index contributed by atoms with van der Waals surface area (Å²) in [5.41, 5.74) is 1.86. The molecule has 0 atom stereocenters. The number of nitriles is 1. The molecule has 0 fully saturated rings. The maximum atomic E-state index is 13.2. The van der Waals surface area contributed by atoms with Crippen LogP contribution in [-0.2, 0) is 6.54 Å². The Labute approximate surface area is 124 Å². The van der Waals surface area contributed by atoms with E-state index in [4.69, 9.17) is 10.00 Å². The quantitative estimate of drug-likeness (QED) is 0.899. The minimum absolute atomic E-state index is 0.0648. The summed E-state index contributed by atoms with van der Waals surface area (Å²) in [6.45, 7) is 4.49. The molecular weight excluding hydrogens is 267 g/mol. The van der Waals surface area contributed by atoms with E-state index < -0.39 is 5.82 Å². The van der Waals surface area contributed by atoms with Gasteiger partial charge >= 0.3 is 0 Å². The first-order valence-corrected chi connectivity index (χ1v) is 6.77. The molecule has 2 rings (SSSR count). The van der Waals surface area contributed by atoms with Gasteiger partial charge in [0, 0.05) is 12.2 Å². The fraction of sp³-hybridized carbons (Fsp3) is 0.235.